The molecule has 1 unspecified atom stereocenters. The molecule has 0 radical (unpaired) electrons. The molecule has 190 valence electrons. The second-order valence-corrected chi connectivity index (χ2v) is 11.7. The molecular formula is C29H30N4O3S. The van der Waals surface area contributed by atoms with Crippen molar-refractivity contribution in [1.82, 2.24) is 20.4 Å². The van der Waals surface area contributed by atoms with Gasteiger partial charge in [0, 0.05) is 13.1 Å². The molecule has 1 saturated heterocycles. The van der Waals surface area contributed by atoms with Gasteiger partial charge in [-0.05, 0) is 62.1 Å². The molecule has 6 rings (SSSR count). The maximum atomic E-state index is 14.0. The summed E-state index contributed by atoms with van der Waals surface area (Å²) in [4.78, 5) is 34.7. The smallest absolute Gasteiger partial charge is 0.290 e. The van der Waals surface area contributed by atoms with Crippen molar-refractivity contribution >= 4 is 34.1 Å². The number of aromatic nitrogens is 2. The molecule has 1 aliphatic carbocycles. The maximum Gasteiger partial charge on any atom is 0.290 e. The number of thiazole rings is 1. The van der Waals surface area contributed by atoms with Crippen molar-refractivity contribution in [2.24, 2.45) is 17.8 Å². The molecule has 2 aromatic heterocycles. The van der Waals surface area contributed by atoms with E-state index in [4.69, 9.17) is 9.51 Å². The number of aryl methyl sites for hydroxylation is 2. The number of nitrogens with zero attached hydrogens (tertiary/aromatic N) is 3. The molecule has 0 bridgehead atoms. The Kier molecular flexibility index (Phi) is 6.07. The number of nitrogens with one attached hydrogen (secondary N) is 1. The Morgan fingerprint density at radius 2 is 1.97 bits per heavy atom. The van der Waals surface area contributed by atoms with E-state index >= 15 is 0 Å². The van der Waals surface area contributed by atoms with Crippen LogP contribution in [0.3, 0.4) is 0 Å². The molecule has 2 aromatic carbocycles. The summed E-state index contributed by atoms with van der Waals surface area (Å²) in [5.41, 5.74) is 3.33. The van der Waals surface area contributed by atoms with Crippen LogP contribution in [0.1, 0.15) is 51.4 Å². The Bertz CT molecular complexity index is 1490. The van der Waals surface area contributed by atoms with Gasteiger partial charge in [0.1, 0.15) is 11.2 Å². The summed E-state index contributed by atoms with van der Waals surface area (Å²) in [5.74, 6) is 1.27. The lowest BCUT2D eigenvalue weighted by molar-refractivity contribution is 0.0690. The fourth-order valence-corrected chi connectivity index (χ4v) is 7.17. The first kappa shape index (κ1) is 23.9. The largest absolute Gasteiger partial charge is 0.350 e. The van der Waals surface area contributed by atoms with Crippen LogP contribution in [0.2, 0.25) is 0 Å². The molecule has 2 fully saturated rings. The second-order valence-electron chi connectivity index (χ2n) is 10.5. The van der Waals surface area contributed by atoms with Gasteiger partial charge in [0.2, 0.25) is 5.76 Å². The first-order valence-corrected chi connectivity index (χ1v) is 13.7. The summed E-state index contributed by atoms with van der Waals surface area (Å²) in [6.07, 6.45) is 2.16. The molecule has 2 amide bonds. The normalized spacial score (nSPS) is 22.9. The van der Waals surface area contributed by atoms with Crippen molar-refractivity contribution in [3.63, 3.8) is 0 Å². The average molecular weight is 515 g/mol. The second kappa shape index (κ2) is 9.41. The van der Waals surface area contributed by atoms with E-state index in [2.05, 4.69) is 36.5 Å². The highest BCUT2D eigenvalue weighted by molar-refractivity contribution is 7.15. The predicted octanol–water partition coefficient (Wildman–Crippen LogP) is 5.48. The minimum Gasteiger partial charge on any atom is -0.350 e. The quantitative estimate of drug-likeness (QED) is 0.381. The zero-order chi connectivity index (χ0) is 25.7. The lowest BCUT2D eigenvalue weighted by atomic mass is 9.93. The van der Waals surface area contributed by atoms with Crippen molar-refractivity contribution in [3.05, 3.63) is 70.6 Å². The summed E-state index contributed by atoms with van der Waals surface area (Å²) in [6.45, 7) is 7.35. The van der Waals surface area contributed by atoms with Crippen molar-refractivity contribution in [3.8, 4) is 10.4 Å². The van der Waals surface area contributed by atoms with E-state index in [1.54, 1.807) is 11.3 Å². The van der Waals surface area contributed by atoms with Gasteiger partial charge in [-0.15, -0.1) is 11.3 Å². The van der Waals surface area contributed by atoms with Gasteiger partial charge in [-0.1, -0.05) is 54.0 Å². The number of fused-ring (bicyclic) bond motifs is 2. The first-order valence-electron chi connectivity index (χ1n) is 12.9. The summed E-state index contributed by atoms with van der Waals surface area (Å²) in [5, 5.41) is 8.62. The topological polar surface area (TPSA) is 88.3 Å². The molecule has 8 heteroatoms. The molecule has 1 saturated carbocycles. The first-order chi connectivity index (χ1) is 17.9. The Morgan fingerprint density at radius 3 is 2.81 bits per heavy atom. The van der Waals surface area contributed by atoms with Gasteiger partial charge >= 0.3 is 0 Å². The Labute approximate surface area is 219 Å². The molecule has 4 aromatic rings. The highest BCUT2D eigenvalue weighted by Gasteiger charge is 2.48. The molecular weight excluding hydrogens is 484 g/mol. The number of hydrogen-bond acceptors (Lipinski definition) is 6. The van der Waals surface area contributed by atoms with Crippen LogP contribution in [0.4, 0.5) is 0 Å². The molecule has 3 heterocycles. The van der Waals surface area contributed by atoms with Gasteiger partial charge in [0.05, 0.1) is 21.3 Å². The number of hydrogen-bond donors (Lipinski definition) is 1. The fourth-order valence-electron chi connectivity index (χ4n) is 6.26. The molecule has 37 heavy (non-hydrogen) atoms. The third kappa shape index (κ3) is 4.33. The van der Waals surface area contributed by atoms with E-state index in [1.165, 1.54) is 0 Å². The Morgan fingerprint density at radius 1 is 1.14 bits per heavy atom. The number of carbonyl (C=O) groups is 2. The van der Waals surface area contributed by atoms with E-state index < -0.39 is 0 Å². The molecule has 2 aliphatic rings. The van der Waals surface area contributed by atoms with Crippen molar-refractivity contribution < 1.29 is 14.1 Å². The van der Waals surface area contributed by atoms with Crippen LogP contribution in [-0.4, -0.2) is 46.0 Å². The number of rotatable bonds is 5. The average Bonchev–Trinajstić information content (AvgIpc) is 3.64. The van der Waals surface area contributed by atoms with E-state index in [9.17, 15) is 9.59 Å². The van der Waals surface area contributed by atoms with Crippen LogP contribution < -0.4 is 5.32 Å². The van der Waals surface area contributed by atoms with E-state index in [-0.39, 0.29) is 23.6 Å². The van der Waals surface area contributed by atoms with Crippen LogP contribution >= 0.6 is 11.3 Å². The van der Waals surface area contributed by atoms with E-state index in [0.29, 0.717) is 47.4 Å². The van der Waals surface area contributed by atoms with E-state index in [1.807, 2.05) is 48.2 Å². The molecule has 0 spiro atoms. The summed E-state index contributed by atoms with van der Waals surface area (Å²) >= 11 is 1.56. The van der Waals surface area contributed by atoms with Crippen LogP contribution in [0.25, 0.3) is 21.3 Å². The van der Waals surface area contributed by atoms with Crippen LogP contribution in [0.15, 0.2) is 53.1 Å². The van der Waals surface area contributed by atoms with Gasteiger partial charge in [0.15, 0.2) is 0 Å². The monoisotopic (exact) mass is 514 g/mol. The lowest BCUT2D eigenvalue weighted by Crippen LogP contribution is -2.46. The summed E-state index contributed by atoms with van der Waals surface area (Å²) < 4.78 is 5.37. The van der Waals surface area contributed by atoms with Crippen molar-refractivity contribution in [2.75, 3.05) is 13.1 Å². The molecule has 4 atom stereocenters. The predicted molar refractivity (Wildman–Crippen MR) is 144 cm³/mol. The SMILES string of the molecule is Cc1cccc(-c2sc(C)nc2C(=O)N2C[C@@H]3CC(C)C[C@@H]3[C@H]2CNC(=O)c2onc3ccccc23)c1. The van der Waals surface area contributed by atoms with Gasteiger partial charge in [-0.2, -0.15) is 0 Å². The fraction of sp³-hybridized carbons (Fsp3) is 0.379. The highest BCUT2D eigenvalue weighted by Crippen LogP contribution is 2.46. The standard InChI is InChI=1S/C29H30N4O3S/c1-16-7-6-8-19(11-16)27-25(31-18(3)37-27)29(35)33-15-20-12-17(2)13-22(20)24(33)14-30-28(34)26-21-9-4-5-10-23(21)32-36-26/h4-11,17,20,22,24H,12-15H2,1-3H3,(H,30,34)/t17?,20-,22-,24+/m0/s1. The third-order valence-electron chi connectivity index (χ3n) is 7.85. The summed E-state index contributed by atoms with van der Waals surface area (Å²) in [6, 6.07) is 15.5. The zero-order valence-corrected chi connectivity index (χ0v) is 22.0. The Hall–Kier alpha value is -3.52. The van der Waals surface area contributed by atoms with Crippen molar-refractivity contribution in [1.29, 1.82) is 0 Å². The van der Waals surface area contributed by atoms with Crippen LogP contribution in [-0.2, 0) is 0 Å². The highest BCUT2D eigenvalue weighted by atomic mass is 32.1. The number of carbonyl (C=O) groups excluding carboxylic acids is 2. The number of amides is 2. The van der Waals surface area contributed by atoms with Crippen molar-refractivity contribution in [2.45, 2.75) is 39.7 Å². The molecule has 1 aliphatic heterocycles. The minimum atomic E-state index is -0.305. The minimum absolute atomic E-state index is 0.0488. The zero-order valence-electron chi connectivity index (χ0n) is 21.2. The maximum absolute atomic E-state index is 14.0. The third-order valence-corrected chi connectivity index (χ3v) is 8.87. The molecule has 7 nitrogen and oxygen atoms in total. The van der Waals surface area contributed by atoms with E-state index in [0.717, 1.165) is 33.9 Å². The van der Waals surface area contributed by atoms with Crippen LogP contribution in [0, 0.1) is 31.6 Å². The number of likely N-dealkylation sites (tertiary alicyclic amines) is 1. The van der Waals surface area contributed by atoms with Gasteiger partial charge in [-0.3, -0.25) is 9.59 Å². The van der Waals surface area contributed by atoms with Gasteiger partial charge in [-0.25, -0.2) is 4.98 Å². The van der Waals surface area contributed by atoms with Gasteiger partial charge in [0.25, 0.3) is 11.8 Å². The lowest BCUT2D eigenvalue weighted by Gasteiger charge is -2.28. The number of benzene rings is 2. The summed E-state index contributed by atoms with van der Waals surface area (Å²) in [7, 11) is 0. The Balaban J connectivity index is 1.27. The van der Waals surface area contributed by atoms with Crippen LogP contribution in [0.5, 0.6) is 0 Å². The van der Waals surface area contributed by atoms with Gasteiger partial charge < -0.3 is 14.7 Å². The molecule has 1 N–H and O–H groups in total.